The van der Waals surface area contributed by atoms with Gasteiger partial charge in [-0.1, -0.05) is 0 Å². The van der Waals surface area contributed by atoms with Gasteiger partial charge in [-0.3, -0.25) is 9.58 Å². The molecule has 2 aromatic heterocycles. The van der Waals surface area contributed by atoms with Gasteiger partial charge in [-0.05, 0) is 39.3 Å². The lowest BCUT2D eigenvalue weighted by atomic mass is 9.98. The summed E-state index contributed by atoms with van der Waals surface area (Å²) in [6.07, 6.45) is 6.37. The molecule has 0 N–H and O–H groups in total. The van der Waals surface area contributed by atoms with Gasteiger partial charge >= 0.3 is 0 Å². The first-order chi connectivity index (χ1) is 9.74. The van der Waals surface area contributed by atoms with E-state index in [0.29, 0.717) is 12.0 Å². The Morgan fingerprint density at radius 2 is 2.30 bits per heavy atom. The number of likely N-dealkylation sites (tertiary alicyclic amines) is 1. The molecule has 5 heteroatoms. The number of piperidine rings is 1. The summed E-state index contributed by atoms with van der Waals surface area (Å²) in [6.45, 7) is 7.68. The molecule has 20 heavy (non-hydrogen) atoms. The Hall–Kier alpha value is -1.20. The number of thiazole rings is 1. The van der Waals surface area contributed by atoms with Crippen LogP contribution in [0.2, 0.25) is 0 Å². The van der Waals surface area contributed by atoms with Crippen LogP contribution < -0.4 is 0 Å². The third kappa shape index (κ3) is 2.94. The topological polar surface area (TPSA) is 34.0 Å². The van der Waals surface area contributed by atoms with Crippen molar-refractivity contribution in [2.75, 3.05) is 13.1 Å². The molecule has 0 saturated carbocycles. The fraction of sp³-hybridized carbons (Fsp3) is 0.600. The van der Waals surface area contributed by atoms with Crippen molar-refractivity contribution < 1.29 is 0 Å². The van der Waals surface area contributed by atoms with Crippen molar-refractivity contribution in [3.63, 3.8) is 0 Å². The van der Waals surface area contributed by atoms with Crippen molar-refractivity contribution in [2.45, 2.75) is 45.2 Å². The lowest BCUT2D eigenvalue weighted by Gasteiger charge is -2.32. The normalized spacial score (nSPS) is 20.6. The molecule has 108 valence electrons. The highest BCUT2D eigenvalue weighted by Crippen LogP contribution is 2.29. The molecule has 0 bridgehead atoms. The van der Waals surface area contributed by atoms with E-state index in [1.165, 1.54) is 30.1 Å². The Labute approximate surface area is 124 Å². The van der Waals surface area contributed by atoms with Gasteiger partial charge in [0.2, 0.25) is 0 Å². The fourth-order valence-electron chi connectivity index (χ4n) is 3.00. The van der Waals surface area contributed by atoms with Gasteiger partial charge in [-0.2, -0.15) is 5.10 Å². The highest BCUT2D eigenvalue weighted by Gasteiger charge is 2.23. The summed E-state index contributed by atoms with van der Waals surface area (Å²) >= 11 is 1.79. The van der Waals surface area contributed by atoms with Crippen LogP contribution in [-0.2, 0) is 6.54 Å². The summed E-state index contributed by atoms with van der Waals surface area (Å²) in [7, 11) is 0. The largest absolute Gasteiger partial charge is 0.297 e. The summed E-state index contributed by atoms with van der Waals surface area (Å²) < 4.78 is 2.13. The molecule has 3 heterocycles. The summed E-state index contributed by atoms with van der Waals surface area (Å²) in [6, 6.07) is 2.58. The first-order valence-corrected chi connectivity index (χ1v) is 8.26. The Balaban J connectivity index is 1.67. The minimum absolute atomic E-state index is 0.430. The maximum atomic E-state index is 4.49. The summed E-state index contributed by atoms with van der Waals surface area (Å²) in [5.41, 5.74) is 1.32. The number of aromatic nitrogens is 3. The first kappa shape index (κ1) is 13.8. The van der Waals surface area contributed by atoms with Crippen LogP contribution in [0.1, 0.15) is 49.4 Å². The molecule has 1 aliphatic heterocycles. The summed E-state index contributed by atoms with van der Waals surface area (Å²) in [4.78, 5) is 7.04. The zero-order valence-electron chi connectivity index (χ0n) is 12.2. The molecule has 1 fully saturated rings. The predicted octanol–water partition coefficient (Wildman–Crippen LogP) is 3.30. The molecule has 0 amide bonds. The molecule has 2 aromatic rings. The molecule has 4 nitrogen and oxygen atoms in total. The highest BCUT2D eigenvalue weighted by atomic mass is 32.1. The van der Waals surface area contributed by atoms with E-state index in [2.05, 4.69) is 45.0 Å². The van der Waals surface area contributed by atoms with Crippen molar-refractivity contribution in [2.24, 2.45) is 0 Å². The Morgan fingerprint density at radius 1 is 1.40 bits per heavy atom. The molecule has 1 saturated heterocycles. The summed E-state index contributed by atoms with van der Waals surface area (Å²) in [5, 5.41) is 7.81. The van der Waals surface area contributed by atoms with E-state index in [9.17, 15) is 0 Å². The molecule has 0 unspecified atom stereocenters. The molecule has 3 rings (SSSR count). The van der Waals surface area contributed by atoms with Gasteiger partial charge in [0.25, 0.3) is 0 Å². The van der Waals surface area contributed by atoms with E-state index in [4.69, 9.17) is 0 Å². The van der Waals surface area contributed by atoms with Gasteiger partial charge in [-0.15, -0.1) is 11.3 Å². The molecule has 0 aromatic carbocycles. The Kier molecular flexibility index (Phi) is 4.17. The van der Waals surface area contributed by atoms with Crippen LogP contribution in [0.15, 0.2) is 23.8 Å². The smallest absolute Gasteiger partial charge is 0.0968 e. The van der Waals surface area contributed by atoms with E-state index in [1.807, 2.05) is 12.4 Å². The predicted molar refractivity (Wildman–Crippen MR) is 82.0 cm³/mol. The number of nitrogens with zero attached hydrogens (tertiary/aromatic N) is 4. The fourth-order valence-corrected chi connectivity index (χ4v) is 3.77. The first-order valence-electron chi connectivity index (χ1n) is 7.38. The van der Waals surface area contributed by atoms with Crippen LogP contribution in [0, 0.1) is 0 Å². The van der Waals surface area contributed by atoms with Gasteiger partial charge in [0, 0.05) is 42.8 Å². The van der Waals surface area contributed by atoms with E-state index < -0.39 is 0 Å². The van der Waals surface area contributed by atoms with E-state index >= 15 is 0 Å². The zero-order chi connectivity index (χ0) is 13.9. The maximum Gasteiger partial charge on any atom is 0.0968 e. The second-order valence-corrected chi connectivity index (χ2v) is 6.73. The SMILES string of the molecule is CC(C)n1nccc1CN1CCC[C@H](c2nccs2)C1. The lowest BCUT2D eigenvalue weighted by molar-refractivity contribution is 0.193. The Bertz CT molecular complexity index is 532. The average molecular weight is 290 g/mol. The van der Waals surface area contributed by atoms with E-state index in [1.54, 1.807) is 11.3 Å². The minimum Gasteiger partial charge on any atom is -0.297 e. The number of rotatable bonds is 4. The van der Waals surface area contributed by atoms with Crippen LogP contribution in [0.3, 0.4) is 0 Å². The highest BCUT2D eigenvalue weighted by molar-refractivity contribution is 7.09. The molecule has 0 aliphatic carbocycles. The van der Waals surface area contributed by atoms with Gasteiger partial charge in [0.05, 0.1) is 10.7 Å². The van der Waals surface area contributed by atoms with Gasteiger partial charge < -0.3 is 0 Å². The van der Waals surface area contributed by atoms with Crippen LogP contribution in [0.25, 0.3) is 0 Å². The van der Waals surface area contributed by atoms with Crippen molar-refractivity contribution in [3.05, 3.63) is 34.5 Å². The van der Waals surface area contributed by atoms with Crippen molar-refractivity contribution in [1.82, 2.24) is 19.7 Å². The lowest BCUT2D eigenvalue weighted by Crippen LogP contribution is -2.34. The molecular weight excluding hydrogens is 268 g/mol. The van der Waals surface area contributed by atoms with Crippen molar-refractivity contribution in [1.29, 1.82) is 0 Å². The average Bonchev–Trinajstić information content (AvgIpc) is 3.10. The van der Waals surface area contributed by atoms with Gasteiger partial charge in [0.15, 0.2) is 0 Å². The maximum absolute atomic E-state index is 4.49. The van der Waals surface area contributed by atoms with Gasteiger partial charge in [-0.25, -0.2) is 4.98 Å². The third-order valence-electron chi connectivity index (χ3n) is 3.93. The Morgan fingerprint density at radius 3 is 3.05 bits per heavy atom. The number of hydrogen-bond acceptors (Lipinski definition) is 4. The molecular formula is C15H22N4S. The molecule has 1 atom stereocenters. The minimum atomic E-state index is 0.430. The second kappa shape index (κ2) is 6.06. The quantitative estimate of drug-likeness (QED) is 0.866. The second-order valence-electron chi connectivity index (χ2n) is 5.81. The summed E-state index contributed by atoms with van der Waals surface area (Å²) in [5.74, 6) is 0.610. The van der Waals surface area contributed by atoms with Gasteiger partial charge in [0.1, 0.15) is 0 Å². The monoisotopic (exact) mass is 290 g/mol. The van der Waals surface area contributed by atoms with Crippen LogP contribution in [0.4, 0.5) is 0 Å². The van der Waals surface area contributed by atoms with E-state index in [-0.39, 0.29) is 0 Å². The van der Waals surface area contributed by atoms with Crippen LogP contribution in [-0.4, -0.2) is 32.8 Å². The van der Waals surface area contributed by atoms with Crippen molar-refractivity contribution in [3.8, 4) is 0 Å². The molecule has 0 radical (unpaired) electrons. The van der Waals surface area contributed by atoms with Crippen molar-refractivity contribution >= 4 is 11.3 Å². The molecule has 1 aliphatic rings. The molecule has 0 spiro atoms. The number of hydrogen-bond donors (Lipinski definition) is 0. The zero-order valence-corrected chi connectivity index (χ0v) is 13.0. The van der Waals surface area contributed by atoms with E-state index in [0.717, 1.165) is 13.1 Å². The van der Waals surface area contributed by atoms with Crippen LogP contribution >= 0.6 is 11.3 Å². The third-order valence-corrected chi connectivity index (χ3v) is 4.87. The van der Waals surface area contributed by atoms with Crippen LogP contribution in [0.5, 0.6) is 0 Å². The standard InChI is InChI=1S/C15H22N4S/c1-12(2)19-14(5-6-17-19)11-18-8-3-4-13(10-18)15-16-7-9-20-15/h5-7,9,12-13H,3-4,8,10-11H2,1-2H3/t13-/m0/s1.